The number of carbonyl (C=O) groups excluding carboxylic acids is 1. The van der Waals surface area contributed by atoms with Crippen molar-refractivity contribution < 1.29 is 4.79 Å². The molecule has 106 valence electrons. The van der Waals surface area contributed by atoms with E-state index in [-0.39, 0.29) is 5.91 Å². The molecular formula is C16H14ClN3O. The van der Waals surface area contributed by atoms with Gasteiger partial charge in [0.05, 0.1) is 22.2 Å². The van der Waals surface area contributed by atoms with Gasteiger partial charge in [0.2, 0.25) is 0 Å². The number of hydrogen-bond donors (Lipinski definition) is 2. The summed E-state index contributed by atoms with van der Waals surface area (Å²) in [6.07, 6.45) is 0. The van der Waals surface area contributed by atoms with Crippen molar-refractivity contribution in [1.29, 1.82) is 5.26 Å². The maximum Gasteiger partial charge on any atom is 0.252 e. The van der Waals surface area contributed by atoms with Gasteiger partial charge >= 0.3 is 0 Å². The molecule has 0 unspecified atom stereocenters. The van der Waals surface area contributed by atoms with Gasteiger partial charge in [-0.05, 0) is 35.9 Å². The van der Waals surface area contributed by atoms with Crippen molar-refractivity contribution in [2.75, 3.05) is 12.4 Å². The quantitative estimate of drug-likeness (QED) is 0.911. The smallest absolute Gasteiger partial charge is 0.252 e. The lowest BCUT2D eigenvalue weighted by Gasteiger charge is -2.09. The lowest BCUT2D eigenvalue weighted by atomic mass is 10.1. The minimum Gasteiger partial charge on any atom is -0.381 e. The van der Waals surface area contributed by atoms with Gasteiger partial charge in [-0.25, -0.2) is 0 Å². The molecule has 0 spiro atoms. The van der Waals surface area contributed by atoms with Crippen LogP contribution in [-0.4, -0.2) is 13.0 Å². The molecule has 0 atom stereocenters. The molecule has 2 N–H and O–H groups in total. The second kappa shape index (κ2) is 6.78. The van der Waals surface area contributed by atoms with Crippen molar-refractivity contribution in [2.45, 2.75) is 6.54 Å². The third kappa shape index (κ3) is 3.74. The average Bonchev–Trinajstić information content (AvgIpc) is 2.52. The zero-order valence-corrected chi connectivity index (χ0v) is 12.2. The van der Waals surface area contributed by atoms with Crippen LogP contribution >= 0.6 is 11.6 Å². The van der Waals surface area contributed by atoms with E-state index in [1.165, 1.54) is 0 Å². The molecule has 5 heteroatoms. The first-order valence-corrected chi connectivity index (χ1v) is 6.76. The lowest BCUT2D eigenvalue weighted by molar-refractivity contribution is 0.0963. The molecule has 4 nitrogen and oxygen atoms in total. The number of nitrogens with zero attached hydrogens (tertiary/aromatic N) is 1. The highest BCUT2D eigenvalue weighted by Crippen LogP contribution is 2.21. The molecule has 0 fully saturated rings. The molecule has 0 aliphatic heterocycles. The van der Waals surface area contributed by atoms with Crippen LogP contribution in [0.1, 0.15) is 21.5 Å². The molecule has 0 aliphatic rings. The Kier molecular flexibility index (Phi) is 4.81. The van der Waals surface area contributed by atoms with E-state index >= 15 is 0 Å². The monoisotopic (exact) mass is 299 g/mol. The average molecular weight is 300 g/mol. The summed E-state index contributed by atoms with van der Waals surface area (Å²) < 4.78 is 0. The van der Waals surface area contributed by atoms with Crippen LogP contribution in [0.15, 0.2) is 42.5 Å². The van der Waals surface area contributed by atoms with Crippen molar-refractivity contribution >= 4 is 23.2 Å². The minimum atomic E-state index is -0.210. The van der Waals surface area contributed by atoms with E-state index < -0.39 is 0 Å². The van der Waals surface area contributed by atoms with Gasteiger partial charge in [0.15, 0.2) is 0 Å². The van der Waals surface area contributed by atoms with E-state index in [1.54, 1.807) is 37.4 Å². The molecule has 0 heterocycles. The first-order valence-electron chi connectivity index (χ1n) is 6.38. The summed E-state index contributed by atoms with van der Waals surface area (Å²) in [5, 5.41) is 14.9. The van der Waals surface area contributed by atoms with Crippen LogP contribution < -0.4 is 10.6 Å². The van der Waals surface area contributed by atoms with Gasteiger partial charge in [-0.15, -0.1) is 0 Å². The van der Waals surface area contributed by atoms with E-state index in [9.17, 15) is 4.79 Å². The molecule has 1 amide bonds. The van der Waals surface area contributed by atoms with Crippen LogP contribution in [0.3, 0.4) is 0 Å². The van der Waals surface area contributed by atoms with Crippen LogP contribution in [-0.2, 0) is 6.54 Å². The van der Waals surface area contributed by atoms with E-state index in [0.717, 1.165) is 11.3 Å². The Balaban J connectivity index is 2.05. The first kappa shape index (κ1) is 14.9. The van der Waals surface area contributed by atoms with Crippen molar-refractivity contribution in [3.05, 3.63) is 64.2 Å². The van der Waals surface area contributed by atoms with Gasteiger partial charge in [-0.3, -0.25) is 4.79 Å². The highest BCUT2D eigenvalue weighted by Gasteiger charge is 2.08. The second-order valence-electron chi connectivity index (χ2n) is 4.44. The summed E-state index contributed by atoms with van der Waals surface area (Å²) in [5.74, 6) is -0.210. The number of halogens is 1. The van der Waals surface area contributed by atoms with Gasteiger partial charge < -0.3 is 10.6 Å². The molecule has 2 rings (SSSR count). The Morgan fingerprint density at radius 3 is 2.52 bits per heavy atom. The summed E-state index contributed by atoms with van der Waals surface area (Å²) in [4.78, 5) is 11.5. The Labute approximate surface area is 128 Å². The number of amides is 1. The van der Waals surface area contributed by atoms with Crippen molar-refractivity contribution in [3.8, 4) is 6.07 Å². The minimum absolute atomic E-state index is 0.210. The Morgan fingerprint density at radius 1 is 1.24 bits per heavy atom. The molecule has 0 aromatic heterocycles. The third-order valence-corrected chi connectivity index (χ3v) is 3.33. The van der Waals surface area contributed by atoms with E-state index in [4.69, 9.17) is 16.9 Å². The largest absolute Gasteiger partial charge is 0.381 e. The molecule has 2 aromatic rings. The highest BCUT2D eigenvalue weighted by atomic mass is 35.5. The molecule has 0 bridgehead atoms. The van der Waals surface area contributed by atoms with Gasteiger partial charge in [-0.2, -0.15) is 5.26 Å². The summed E-state index contributed by atoms with van der Waals surface area (Å²) in [6, 6.07) is 14.6. The van der Waals surface area contributed by atoms with Gasteiger partial charge in [0.1, 0.15) is 0 Å². The van der Waals surface area contributed by atoms with Crippen molar-refractivity contribution in [3.63, 3.8) is 0 Å². The first-order chi connectivity index (χ1) is 10.1. The second-order valence-corrected chi connectivity index (χ2v) is 4.84. The molecule has 0 aliphatic carbocycles. The predicted octanol–water partition coefficient (Wildman–Crippen LogP) is 3.18. The Morgan fingerprint density at radius 2 is 1.95 bits per heavy atom. The van der Waals surface area contributed by atoms with Crippen LogP contribution in [0.5, 0.6) is 0 Å². The van der Waals surface area contributed by atoms with Gasteiger partial charge in [-0.1, -0.05) is 23.7 Å². The fraction of sp³-hybridized carbons (Fsp3) is 0.125. The lowest BCUT2D eigenvalue weighted by Crippen LogP contribution is -2.18. The fourth-order valence-corrected chi connectivity index (χ4v) is 2.11. The summed E-state index contributed by atoms with van der Waals surface area (Å²) in [7, 11) is 1.57. The SMILES string of the molecule is CNC(=O)c1ccc(NCc2ccc(C#N)cc2)cc1Cl. The number of nitriles is 1. The summed E-state index contributed by atoms with van der Waals surface area (Å²) in [5.41, 5.74) is 2.97. The Bertz CT molecular complexity index is 690. The highest BCUT2D eigenvalue weighted by molar-refractivity contribution is 6.34. The van der Waals surface area contributed by atoms with Crippen LogP contribution in [0.2, 0.25) is 5.02 Å². The topological polar surface area (TPSA) is 64.9 Å². The molecule has 21 heavy (non-hydrogen) atoms. The molecule has 2 aromatic carbocycles. The maximum atomic E-state index is 11.5. The van der Waals surface area contributed by atoms with E-state index in [0.29, 0.717) is 22.7 Å². The zero-order valence-electron chi connectivity index (χ0n) is 11.5. The van der Waals surface area contributed by atoms with E-state index in [2.05, 4.69) is 16.7 Å². The van der Waals surface area contributed by atoms with Crippen LogP contribution in [0.25, 0.3) is 0 Å². The van der Waals surface area contributed by atoms with Crippen LogP contribution in [0, 0.1) is 11.3 Å². The number of nitrogens with one attached hydrogen (secondary N) is 2. The van der Waals surface area contributed by atoms with Gasteiger partial charge in [0.25, 0.3) is 5.91 Å². The standard InChI is InChI=1S/C16H14ClN3O/c1-19-16(21)14-7-6-13(8-15(14)17)20-10-12-4-2-11(9-18)3-5-12/h2-8,20H,10H2,1H3,(H,19,21). The number of carbonyl (C=O) groups is 1. The molecule has 0 saturated heterocycles. The van der Waals surface area contributed by atoms with Crippen LogP contribution in [0.4, 0.5) is 5.69 Å². The molecule has 0 radical (unpaired) electrons. The fourth-order valence-electron chi connectivity index (χ4n) is 1.85. The number of rotatable bonds is 4. The van der Waals surface area contributed by atoms with Crippen molar-refractivity contribution in [1.82, 2.24) is 5.32 Å². The van der Waals surface area contributed by atoms with E-state index in [1.807, 2.05) is 12.1 Å². The number of hydrogen-bond acceptors (Lipinski definition) is 3. The Hall–Kier alpha value is -2.51. The third-order valence-electron chi connectivity index (χ3n) is 3.02. The number of anilines is 1. The zero-order chi connectivity index (χ0) is 15.2. The normalized spacial score (nSPS) is 9.76. The summed E-state index contributed by atoms with van der Waals surface area (Å²) in [6.45, 7) is 0.612. The molecule has 0 saturated carbocycles. The summed E-state index contributed by atoms with van der Waals surface area (Å²) >= 11 is 6.09. The number of benzene rings is 2. The predicted molar refractivity (Wildman–Crippen MR) is 83.3 cm³/mol. The van der Waals surface area contributed by atoms with Crippen molar-refractivity contribution in [2.24, 2.45) is 0 Å². The van der Waals surface area contributed by atoms with Gasteiger partial charge in [0, 0.05) is 19.3 Å². The molecular weight excluding hydrogens is 286 g/mol. The maximum absolute atomic E-state index is 11.5.